The summed E-state index contributed by atoms with van der Waals surface area (Å²) in [6.45, 7) is 4.71. The topological polar surface area (TPSA) is 25.8 Å². The molecule has 0 radical (unpaired) electrons. The Hall–Kier alpha value is 0.0400. The third-order valence-electron chi connectivity index (χ3n) is 3.22. The highest BCUT2D eigenvalue weighted by molar-refractivity contribution is 9.11. The quantitative estimate of drug-likeness (QED) is 0.774. The number of hydrogen-bond donors (Lipinski definition) is 0. The maximum absolute atomic E-state index is 4.26. The number of hydrogen-bond acceptors (Lipinski definition) is 3. The van der Waals surface area contributed by atoms with E-state index in [4.69, 9.17) is 0 Å². The van der Waals surface area contributed by atoms with Gasteiger partial charge in [-0.3, -0.25) is 0 Å². The predicted molar refractivity (Wildman–Crippen MR) is 62.6 cm³/mol. The maximum Gasteiger partial charge on any atom is 0.183 e. The first-order valence-electron chi connectivity index (χ1n) is 5.08. The van der Waals surface area contributed by atoms with Crippen LogP contribution in [-0.4, -0.2) is 10.2 Å². The maximum atomic E-state index is 4.26. The van der Waals surface area contributed by atoms with E-state index < -0.39 is 0 Å². The monoisotopic (exact) mass is 274 g/mol. The largest absolute Gasteiger partial charge is 0.183 e. The van der Waals surface area contributed by atoms with Crippen LogP contribution in [-0.2, 0) is 0 Å². The summed E-state index contributed by atoms with van der Waals surface area (Å²) in [7, 11) is 0. The van der Waals surface area contributed by atoms with Crippen molar-refractivity contribution in [2.45, 2.75) is 45.4 Å². The normalized spacial score (nSPS) is 26.4. The number of nitrogens with zero attached hydrogens (tertiary/aromatic N) is 2. The van der Waals surface area contributed by atoms with Crippen LogP contribution in [0, 0.1) is 5.41 Å². The fraction of sp³-hybridized carbons (Fsp3) is 0.800. The number of rotatable bonds is 1. The molecule has 78 valence electrons. The van der Waals surface area contributed by atoms with Gasteiger partial charge in [0.2, 0.25) is 0 Å². The molecule has 0 spiro atoms. The molecule has 1 aliphatic carbocycles. The summed E-state index contributed by atoms with van der Waals surface area (Å²) in [5.74, 6) is 0.611. The molecule has 4 heteroatoms. The van der Waals surface area contributed by atoms with Crippen molar-refractivity contribution < 1.29 is 0 Å². The Morgan fingerprint density at radius 1 is 1.36 bits per heavy atom. The summed E-state index contributed by atoms with van der Waals surface area (Å²) < 4.78 is 0.911. The third-order valence-corrected chi connectivity index (χ3v) is 4.69. The Balaban J connectivity index is 2.23. The summed E-state index contributed by atoms with van der Waals surface area (Å²) >= 11 is 5.07. The van der Waals surface area contributed by atoms with Crippen molar-refractivity contribution >= 4 is 27.3 Å². The van der Waals surface area contributed by atoms with E-state index in [0.29, 0.717) is 11.3 Å². The molecular formula is C10H15BrN2S. The Kier molecular flexibility index (Phi) is 2.93. The van der Waals surface area contributed by atoms with Crippen molar-refractivity contribution in [1.29, 1.82) is 0 Å². The smallest absolute Gasteiger partial charge is 0.142 e. The number of halogens is 1. The van der Waals surface area contributed by atoms with Crippen molar-refractivity contribution in [3.63, 3.8) is 0 Å². The van der Waals surface area contributed by atoms with Gasteiger partial charge >= 0.3 is 0 Å². The zero-order valence-corrected chi connectivity index (χ0v) is 11.0. The first-order chi connectivity index (χ1) is 6.59. The van der Waals surface area contributed by atoms with E-state index in [2.05, 4.69) is 40.0 Å². The van der Waals surface area contributed by atoms with E-state index in [-0.39, 0.29) is 0 Å². The lowest BCUT2D eigenvalue weighted by Gasteiger charge is -2.37. The second kappa shape index (κ2) is 3.89. The first-order valence-corrected chi connectivity index (χ1v) is 6.69. The average Bonchev–Trinajstić information content (AvgIpc) is 2.51. The molecule has 0 bridgehead atoms. The molecule has 1 aromatic heterocycles. The van der Waals surface area contributed by atoms with Crippen LogP contribution in [0.25, 0.3) is 0 Å². The minimum Gasteiger partial charge on any atom is -0.142 e. The molecule has 0 amide bonds. The van der Waals surface area contributed by atoms with Crippen molar-refractivity contribution in [2.24, 2.45) is 5.41 Å². The first kappa shape index (κ1) is 10.6. The van der Waals surface area contributed by atoms with Gasteiger partial charge in [-0.25, -0.2) is 0 Å². The summed E-state index contributed by atoms with van der Waals surface area (Å²) in [6.07, 6.45) is 5.29. The lowest BCUT2D eigenvalue weighted by molar-refractivity contribution is 0.198. The minimum absolute atomic E-state index is 0.400. The van der Waals surface area contributed by atoms with Crippen molar-refractivity contribution in [3.05, 3.63) is 8.92 Å². The van der Waals surface area contributed by atoms with Gasteiger partial charge in [-0.05, 0) is 34.2 Å². The molecule has 1 unspecified atom stereocenters. The zero-order chi connectivity index (χ0) is 10.2. The second-order valence-corrected chi connectivity index (χ2v) is 6.97. The van der Waals surface area contributed by atoms with Crippen LogP contribution in [0.4, 0.5) is 0 Å². The van der Waals surface area contributed by atoms with Gasteiger partial charge in [-0.1, -0.05) is 38.0 Å². The molecule has 0 aliphatic heterocycles. The molecule has 1 aliphatic rings. The molecule has 0 saturated heterocycles. The third kappa shape index (κ3) is 2.01. The molecule has 2 nitrogen and oxygen atoms in total. The van der Waals surface area contributed by atoms with Gasteiger partial charge < -0.3 is 0 Å². The van der Waals surface area contributed by atoms with E-state index in [9.17, 15) is 0 Å². The summed E-state index contributed by atoms with van der Waals surface area (Å²) in [5, 5.41) is 9.51. The molecule has 14 heavy (non-hydrogen) atoms. The van der Waals surface area contributed by atoms with Crippen LogP contribution in [0.1, 0.15) is 50.5 Å². The summed E-state index contributed by atoms with van der Waals surface area (Å²) in [6, 6.07) is 0. The Morgan fingerprint density at radius 2 is 2.14 bits per heavy atom. The van der Waals surface area contributed by atoms with Gasteiger partial charge in [-0.15, -0.1) is 10.2 Å². The Bertz CT molecular complexity index is 322. The van der Waals surface area contributed by atoms with Crippen LogP contribution in [0.2, 0.25) is 0 Å². The summed E-state index contributed by atoms with van der Waals surface area (Å²) in [5.41, 5.74) is 0.400. The van der Waals surface area contributed by atoms with Crippen LogP contribution in [0.5, 0.6) is 0 Å². The van der Waals surface area contributed by atoms with Crippen molar-refractivity contribution in [3.8, 4) is 0 Å². The molecule has 1 heterocycles. The Labute approximate surface area is 97.3 Å². The molecule has 1 fully saturated rings. The van der Waals surface area contributed by atoms with Crippen molar-refractivity contribution in [1.82, 2.24) is 10.2 Å². The lowest BCUT2D eigenvalue weighted by atomic mass is 9.69. The minimum atomic E-state index is 0.400. The van der Waals surface area contributed by atoms with Gasteiger partial charge in [0.25, 0.3) is 0 Å². The van der Waals surface area contributed by atoms with Crippen LogP contribution in [0.15, 0.2) is 3.92 Å². The second-order valence-electron chi connectivity index (χ2n) is 4.68. The zero-order valence-electron chi connectivity index (χ0n) is 8.59. The van der Waals surface area contributed by atoms with Gasteiger partial charge in [-0.2, -0.15) is 0 Å². The van der Waals surface area contributed by atoms with Gasteiger partial charge in [0.1, 0.15) is 5.01 Å². The summed E-state index contributed by atoms with van der Waals surface area (Å²) in [4.78, 5) is 0. The highest BCUT2D eigenvalue weighted by Crippen LogP contribution is 2.47. The van der Waals surface area contributed by atoms with Gasteiger partial charge in [0.15, 0.2) is 3.92 Å². The fourth-order valence-corrected chi connectivity index (χ4v) is 3.80. The lowest BCUT2D eigenvalue weighted by Crippen LogP contribution is -2.25. The molecule has 1 aromatic rings. The van der Waals surface area contributed by atoms with Crippen LogP contribution in [0.3, 0.4) is 0 Å². The molecule has 0 N–H and O–H groups in total. The van der Waals surface area contributed by atoms with Crippen LogP contribution >= 0.6 is 27.3 Å². The molecule has 1 atom stereocenters. The Morgan fingerprint density at radius 3 is 2.71 bits per heavy atom. The number of aromatic nitrogens is 2. The fourth-order valence-electron chi connectivity index (χ4n) is 2.31. The molecule has 0 aromatic carbocycles. The van der Waals surface area contributed by atoms with E-state index in [0.717, 1.165) is 3.92 Å². The standard InChI is InChI=1S/C10H15BrN2S/c1-10(2)6-4-3-5-7(10)8-12-13-9(11)14-8/h7H,3-6H2,1-2H3. The predicted octanol–water partition coefficient (Wildman–Crippen LogP) is 3.98. The van der Waals surface area contributed by atoms with E-state index in [1.807, 2.05) is 0 Å². The van der Waals surface area contributed by atoms with E-state index in [1.54, 1.807) is 11.3 Å². The van der Waals surface area contributed by atoms with Gasteiger partial charge in [0.05, 0.1) is 0 Å². The highest BCUT2D eigenvalue weighted by atomic mass is 79.9. The molecular weight excluding hydrogens is 260 g/mol. The van der Waals surface area contributed by atoms with Crippen molar-refractivity contribution in [2.75, 3.05) is 0 Å². The highest BCUT2D eigenvalue weighted by Gasteiger charge is 2.35. The van der Waals surface area contributed by atoms with Crippen LogP contribution < -0.4 is 0 Å². The molecule has 1 saturated carbocycles. The average molecular weight is 275 g/mol. The van der Waals surface area contributed by atoms with E-state index in [1.165, 1.54) is 30.7 Å². The SMILES string of the molecule is CC1(C)CCCCC1c1nnc(Br)s1. The van der Waals surface area contributed by atoms with Gasteiger partial charge in [0, 0.05) is 5.92 Å². The molecule has 2 rings (SSSR count). The van der Waals surface area contributed by atoms with E-state index >= 15 is 0 Å².